The van der Waals surface area contributed by atoms with E-state index in [2.05, 4.69) is 95.7 Å². The fraction of sp³-hybridized carbons (Fsp3) is 0.341. The highest BCUT2D eigenvalue weighted by Crippen LogP contribution is 2.36. The van der Waals surface area contributed by atoms with Crippen LogP contribution in [0, 0.1) is 13.8 Å². The molecule has 0 amide bonds. The molecule has 3 aromatic rings. The number of ether oxygens (including phenoxy) is 2. The van der Waals surface area contributed by atoms with Crippen LogP contribution in [0.5, 0.6) is 0 Å². The van der Waals surface area contributed by atoms with E-state index in [1.54, 1.807) is 0 Å². The largest absolute Gasteiger partial charge is 0.469 e. The number of aromatic nitrogens is 5. The SMILES string of the molecule is COC(=O)CCc1c(C)c2cc3nc(cc4nc(cc5[nH]c(cc6nc(cc1[nH]2)C(C)=C6C)c(CCC(=O)OC)c5C)C(C)=C4C)C(C)=C3C. The van der Waals surface area contributed by atoms with Gasteiger partial charge in [-0.25, -0.2) is 15.0 Å². The average molecular weight is 672 g/mol. The van der Waals surface area contributed by atoms with E-state index >= 15 is 0 Å². The minimum atomic E-state index is -0.255. The number of rotatable bonds is 6. The monoisotopic (exact) mass is 671 g/mol. The van der Waals surface area contributed by atoms with Crippen LogP contribution >= 0.6 is 0 Å². The summed E-state index contributed by atoms with van der Waals surface area (Å²) >= 11 is 0. The summed E-state index contributed by atoms with van der Waals surface area (Å²) in [6, 6.07) is 10.4. The normalized spacial score (nSPS) is 13.6. The zero-order valence-electron chi connectivity index (χ0n) is 30.7. The van der Waals surface area contributed by atoms with Crippen LogP contribution < -0.4 is 0 Å². The van der Waals surface area contributed by atoms with Gasteiger partial charge in [-0.05, 0) is 154 Å². The molecule has 0 radical (unpaired) electrons. The van der Waals surface area contributed by atoms with Gasteiger partial charge in [0.15, 0.2) is 0 Å². The quantitative estimate of drug-likeness (QED) is 0.251. The van der Waals surface area contributed by atoms with Gasteiger partial charge >= 0.3 is 11.9 Å². The van der Waals surface area contributed by atoms with Crippen LogP contribution in [0.15, 0.2) is 30.3 Å². The molecule has 0 atom stereocenters. The van der Waals surface area contributed by atoms with Crippen molar-refractivity contribution in [3.8, 4) is 0 Å². The molecule has 3 aliphatic heterocycles. The number of aryl methyl sites for hydroxylation is 4. The molecule has 3 aromatic heterocycles. The second-order valence-corrected chi connectivity index (χ2v) is 13.4. The van der Waals surface area contributed by atoms with Crippen molar-refractivity contribution < 1.29 is 19.1 Å². The third-order valence-electron chi connectivity index (χ3n) is 10.6. The van der Waals surface area contributed by atoms with E-state index in [-0.39, 0.29) is 24.8 Å². The number of aromatic amines is 2. The molecule has 0 saturated carbocycles. The van der Waals surface area contributed by atoms with Crippen molar-refractivity contribution in [2.75, 3.05) is 14.2 Å². The van der Waals surface area contributed by atoms with E-state index in [0.717, 1.165) is 112 Å². The van der Waals surface area contributed by atoms with E-state index in [0.29, 0.717) is 12.8 Å². The van der Waals surface area contributed by atoms with Crippen LogP contribution in [0.25, 0.3) is 55.5 Å². The Morgan fingerprint density at radius 3 is 1.06 bits per heavy atom. The second kappa shape index (κ2) is 13.5. The smallest absolute Gasteiger partial charge is 0.305 e. The summed E-state index contributed by atoms with van der Waals surface area (Å²) < 4.78 is 9.97. The minimum absolute atomic E-state index is 0.255. The lowest BCUT2D eigenvalue weighted by Crippen LogP contribution is -2.02. The molecule has 0 aliphatic carbocycles. The zero-order chi connectivity index (χ0) is 36.0. The van der Waals surface area contributed by atoms with Gasteiger partial charge in [0.1, 0.15) is 0 Å². The Kier molecular flexibility index (Phi) is 9.35. The van der Waals surface area contributed by atoms with Crippen molar-refractivity contribution in [2.24, 2.45) is 0 Å². The number of esters is 2. The molecule has 2 N–H and O–H groups in total. The van der Waals surface area contributed by atoms with Crippen LogP contribution in [0.2, 0.25) is 0 Å². The minimum Gasteiger partial charge on any atom is -0.469 e. The lowest BCUT2D eigenvalue weighted by molar-refractivity contribution is -0.141. The topological polar surface area (TPSA) is 123 Å². The predicted octanol–water partition coefficient (Wildman–Crippen LogP) is 8.83. The maximum atomic E-state index is 12.2. The number of allylic oxidation sites excluding steroid dienone is 6. The highest BCUT2D eigenvalue weighted by atomic mass is 16.5. The van der Waals surface area contributed by atoms with E-state index in [1.807, 2.05) is 0 Å². The molecular formula is C41H45N5O4. The fourth-order valence-corrected chi connectivity index (χ4v) is 6.76. The number of carbonyl (C=O) groups is 2. The highest BCUT2D eigenvalue weighted by Gasteiger charge is 2.20. The first kappa shape index (κ1) is 34.5. The zero-order valence-corrected chi connectivity index (χ0v) is 30.7. The number of fused-ring (bicyclic) bond motifs is 10. The standard InChI is InChI=1S/C41H45N5O4/c1-20-22(3)32-16-36-26(7)28(11-13-40(47)49-9)38(45-36)18-34-24(5)25(6)35(44-34)19-39-29(12-14-41(48)50-10)27(8)37(46-39)17-33-23(4)21(2)31(43-33)15-30(20)42-32/h15-19,45-46H,11-14H2,1-10H3. The number of nitrogens with zero attached hydrogens (tertiary/aromatic N) is 3. The van der Waals surface area contributed by atoms with Gasteiger partial charge in [0.2, 0.25) is 0 Å². The van der Waals surface area contributed by atoms with E-state index in [9.17, 15) is 9.59 Å². The third kappa shape index (κ3) is 6.28. The summed E-state index contributed by atoms with van der Waals surface area (Å²) in [6.07, 6.45) is 1.57. The Bertz CT molecular complexity index is 2160. The molecule has 9 heteroatoms. The third-order valence-corrected chi connectivity index (χ3v) is 10.6. The Labute approximate surface area is 292 Å². The Morgan fingerprint density at radius 2 is 0.760 bits per heavy atom. The molecule has 50 heavy (non-hydrogen) atoms. The van der Waals surface area contributed by atoms with Crippen LogP contribution in [0.4, 0.5) is 0 Å². The maximum absolute atomic E-state index is 12.2. The summed E-state index contributed by atoms with van der Waals surface area (Å²) in [6.45, 7) is 16.7. The second-order valence-electron chi connectivity index (χ2n) is 13.4. The van der Waals surface area contributed by atoms with Gasteiger partial charge in [0.25, 0.3) is 0 Å². The Balaban J connectivity index is 1.73. The summed E-state index contributed by atoms with van der Waals surface area (Å²) in [5.41, 5.74) is 19.6. The maximum Gasteiger partial charge on any atom is 0.305 e. The van der Waals surface area contributed by atoms with Gasteiger partial charge in [-0.1, -0.05) is 0 Å². The van der Waals surface area contributed by atoms with Crippen LogP contribution in [-0.2, 0) is 31.9 Å². The number of carbonyl (C=O) groups excluding carboxylic acids is 2. The van der Waals surface area contributed by atoms with Crippen LogP contribution in [0.1, 0.15) is 111 Å². The molecule has 0 fully saturated rings. The van der Waals surface area contributed by atoms with Crippen molar-refractivity contribution in [3.05, 3.63) is 86.7 Å². The van der Waals surface area contributed by atoms with Gasteiger partial charge in [-0.3, -0.25) is 9.59 Å². The van der Waals surface area contributed by atoms with Gasteiger partial charge in [0.05, 0.1) is 48.4 Å². The molecule has 0 aromatic carbocycles. The molecule has 3 aliphatic rings. The van der Waals surface area contributed by atoms with Crippen molar-refractivity contribution in [1.82, 2.24) is 24.9 Å². The molecule has 6 heterocycles. The van der Waals surface area contributed by atoms with E-state index < -0.39 is 0 Å². The van der Waals surface area contributed by atoms with Crippen molar-refractivity contribution >= 4 is 67.4 Å². The van der Waals surface area contributed by atoms with E-state index in [1.165, 1.54) is 14.2 Å². The number of methoxy groups -OCH3 is 2. The summed E-state index contributed by atoms with van der Waals surface area (Å²) in [5, 5.41) is 0. The van der Waals surface area contributed by atoms with Crippen molar-refractivity contribution in [1.29, 1.82) is 0 Å². The number of H-pyrrole nitrogens is 2. The average Bonchev–Trinajstić information content (AvgIpc) is 3.81. The lowest BCUT2D eigenvalue weighted by Gasteiger charge is -2.01. The van der Waals surface area contributed by atoms with Crippen molar-refractivity contribution in [2.45, 2.75) is 81.1 Å². The first-order valence-electron chi connectivity index (χ1n) is 17.0. The fourth-order valence-electron chi connectivity index (χ4n) is 6.76. The summed E-state index contributed by atoms with van der Waals surface area (Å²) in [4.78, 5) is 47.1. The van der Waals surface area contributed by atoms with Gasteiger partial charge < -0.3 is 19.4 Å². The van der Waals surface area contributed by atoms with Gasteiger partial charge in [-0.15, -0.1) is 0 Å². The molecule has 10 bridgehead atoms. The molecule has 0 unspecified atom stereocenters. The number of nitrogens with one attached hydrogen (secondary N) is 2. The first-order valence-corrected chi connectivity index (χ1v) is 17.0. The first-order chi connectivity index (χ1) is 23.8. The van der Waals surface area contributed by atoms with E-state index in [4.69, 9.17) is 24.4 Å². The van der Waals surface area contributed by atoms with Crippen LogP contribution in [0.3, 0.4) is 0 Å². The van der Waals surface area contributed by atoms with Gasteiger partial charge in [-0.2, -0.15) is 0 Å². The van der Waals surface area contributed by atoms with Crippen molar-refractivity contribution in [3.63, 3.8) is 0 Å². The number of hydrogen-bond donors (Lipinski definition) is 2. The molecule has 0 saturated heterocycles. The van der Waals surface area contributed by atoms with Crippen LogP contribution in [-0.4, -0.2) is 51.1 Å². The predicted molar refractivity (Wildman–Crippen MR) is 201 cm³/mol. The Morgan fingerprint density at radius 1 is 0.480 bits per heavy atom. The summed E-state index contributed by atoms with van der Waals surface area (Å²) in [5.74, 6) is -0.510. The Hall–Kier alpha value is -5.31. The lowest BCUT2D eigenvalue weighted by atomic mass is 10.0. The molecular weight excluding hydrogens is 626 g/mol. The highest BCUT2D eigenvalue weighted by molar-refractivity contribution is 5.95. The molecule has 0 spiro atoms. The molecule has 258 valence electrons. The molecule has 9 nitrogen and oxygen atoms in total. The summed E-state index contributed by atoms with van der Waals surface area (Å²) in [7, 11) is 2.83. The number of hydrogen-bond acceptors (Lipinski definition) is 7. The molecule has 6 rings (SSSR count). The van der Waals surface area contributed by atoms with Gasteiger partial charge in [0, 0.05) is 34.9 Å².